The molecule has 0 bridgehead atoms. The summed E-state index contributed by atoms with van der Waals surface area (Å²) in [4.78, 5) is 23.8. The van der Waals surface area contributed by atoms with Crippen molar-refractivity contribution >= 4 is 28.6 Å². The molecule has 0 spiro atoms. The number of ether oxygens (including phenoxy) is 3. The van der Waals surface area contributed by atoms with Crippen molar-refractivity contribution in [2.45, 2.75) is 32.2 Å². The minimum absolute atomic E-state index is 0.0151. The molecule has 3 rings (SSSR count). The summed E-state index contributed by atoms with van der Waals surface area (Å²) in [5.74, 6) is -1.32. The van der Waals surface area contributed by atoms with Crippen molar-refractivity contribution in [3.63, 3.8) is 0 Å². The molecule has 0 fully saturated rings. The van der Waals surface area contributed by atoms with Gasteiger partial charge in [0.2, 0.25) is 12.0 Å². The lowest BCUT2D eigenvalue weighted by Crippen LogP contribution is -2.34. The molecule has 0 unspecified atom stereocenters. The summed E-state index contributed by atoms with van der Waals surface area (Å²) in [7, 11) is 1.19. The van der Waals surface area contributed by atoms with Gasteiger partial charge in [-0.15, -0.1) is 0 Å². The van der Waals surface area contributed by atoms with E-state index < -0.39 is 29.6 Å². The van der Waals surface area contributed by atoms with E-state index in [0.717, 1.165) is 23.3 Å². The predicted molar refractivity (Wildman–Crippen MR) is 102 cm³/mol. The van der Waals surface area contributed by atoms with Crippen molar-refractivity contribution in [1.82, 2.24) is 24.7 Å². The van der Waals surface area contributed by atoms with Gasteiger partial charge >= 0.3 is 12.1 Å². The molecular weight excluding hydrogens is 443 g/mol. The maximum absolute atomic E-state index is 13.5. The highest BCUT2D eigenvalue weighted by Gasteiger charge is 2.36. The molecular formula is C18H17ClF3N5O4. The molecule has 3 heterocycles. The van der Waals surface area contributed by atoms with E-state index in [-0.39, 0.29) is 34.6 Å². The van der Waals surface area contributed by atoms with Gasteiger partial charge in [-0.1, -0.05) is 11.6 Å². The van der Waals surface area contributed by atoms with Gasteiger partial charge in [0.05, 0.1) is 31.0 Å². The fourth-order valence-corrected chi connectivity index (χ4v) is 2.74. The van der Waals surface area contributed by atoms with E-state index >= 15 is 0 Å². The minimum Gasteiger partial charge on any atom is -0.466 e. The molecule has 1 atom stereocenters. The second-order valence-electron chi connectivity index (χ2n) is 6.51. The second kappa shape index (κ2) is 9.02. The number of alkyl halides is 3. The van der Waals surface area contributed by atoms with Gasteiger partial charge in [-0.2, -0.15) is 23.0 Å². The monoisotopic (exact) mass is 459 g/mol. The van der Waals surface area contributed by atoms with Gasteiger partial charge in [-0.3, -0.25) is 0 Å². The average Bonchev–Trinajstić information content (AvgIpc) is 3.14. The van der Waals surface area contributed by atoms with E-state index in [2.05, 4.69) is 20.1 Å². The maximum atomic E-state index is 13.5. The van der Waals surface area contributed by atoms with E-state index in [1.807, 2.05) is 0 Å². The van der Waals surface area contributed by atoms with Crippen LogP contribution in [0.3, 0.4) is 0 Å². The number of nitrogens with zero attached hydrogens (tertiary/aromatic N) is 5. The Bertz CT molecular complexity index is 1090. The molecule has 31 heavy (non-hydrogen) atoms. The number of methoxy groups -OCH3 is 1. The van der Waals surface area contributed by atoms with Crippen LogP contribution in [0.15, 0.2) is 24.8 Å². The van der Waals surface area contributed by atoms with Crippen molar-refractivity contribution in [3.8, 4) is 11.7 Å². The van der Waals surface area contributed by atoms with Gasteiger partial charge in [0.1, 0.15) is 17.3 Å². The lowest BCUT2D eigenvalue weighted by atomic mass is 10.2. The molecule has 0 N–H and O–H groups in total. The summed E-state index contributed by atoms with van der Waals surface area (Å²) in [5.41, 5.74) is -1.11. The fraction of sp³-hybridized carbons (Fsp3) is 0.389. The summed E-state index contributed by atoms with van der Waals surface area (Å²) in [5, 5.41) is 3.93. The standard InChI is InChI=1S/C18H17ClF3N5O4/c1-9(2)30-7-13(17(28)29-3)31-16-11-6-26-27(14(11)24-8-25-16)15-12(18(20,21)22)4-10(19)5-23-15/h4-6,8-9,13H,7H2,1-3H3/t13-/m0/s1. The number of fused-ring (bicyclic) bond motifs is 1. The summed E-state index contributed by atoms with van der Waals surface area (Å²) in [6.07, 6.45) is -2.74. The molecule has 0 radical (unpaired) electrons. The Morgan fingerprint density at radius 1 is 1.23 bits per heavy atom. The van der Waals surface area contributed by atoms with Crippen molar-refractivity contribution in [2.24, 2.45) is 0 Å². The van der Waals surface area contributed by atoms with E-state index in [1.165, 1.54) is 13.3 Å². The van der Waals surface area contributed by atoms with Crippen LogP contribution in [0.5, 0.6) is 5.88 Å². The number of aromatic nitrogens is 5. The van der Waals surface area contributed by atoms with Gasteiger partial charge in [-0.25, -0.2) is 19.7 Å². The first-order valence-corrected chi connectivity index (χ1v) is 9.27. The second-order valence-corrected chi connectivity index (χ2v) is 6.94. The van der Waals surface area contributed by atoms with Gasteiger partial charge in [0, 0.05) is 6.20 Å². The SMILES string of the molecule is COC(=O)[C@H](COC(C)C)Oc1ncnc2c1cnn2-c1ncc(Cl)cc1C(F)(F)F. The van der Waals surface area contributed by atoms with Crippen molar-refractivity contribution in [1.29, 1.82) is 0 Å². The zero-order valence-corrected chi connectivity index (χ0v) is 17.3. The number of carbonyl (C=O) groups is 1. The molecule has 0 aromatic carbocycles. The number of pyridine rings is 1. The van der Waals surface area contributed by atoms with E-state index in [9.17, 15) is 18.0 Å². The van der Waals surface area contributed by atoms with Crippen LogP contribution in [0.1, 0.15) is 19.4 Å². The van der Waals surface area contributed by atoms with Gasteiger partial charge < -0.3 is 14.2 Å². The Kier molecular flexibility index (Phi) is 6.60. The number of rotatable bonds is 7. The summed E-state index contributed by atoms with van der Waals surface area (Å²) < 4.78 is 57.1. The molecule has 166 valence electrons. The third-order valence-corrected chi connectivity index (χ3v) is 4.17. The summed E-state index contributed by atoms with van der Waals surface area (Å²) >= 11 is 5.69. The highest BCUT2D eigenvalue weighted by atomic mass is 35.5. The Balaban J connectivity index is 2.04. The van der Waals surface area contributed by atoms with Gasteiger partial charge in [0.15, 0.2) is 11.5 Å². The zero-order valence-electron chi connectivity index (χ0n) is 16.6. The Morgan fingerprint density at radius 3 is 2.61 bits per heavy atom. The predicted octanol–water partition coefficient (Wildman–Crippen LogP) is 3.23. The molecule has 3 aromatic heterocycles. The lowest BCUT2D eigenvalue weighted by Gasteiger charge is -2.18. The third-order valence-electron chi connectivity index (χ3n) is 3.97. The quantitative estimate of drug-likeness (QED) is 0.496. The molecule has 0 aliphatic rings. The molecule has 13 heteroatoms. The Hall–Kier alpha value is -2.99. The van der Waals surface area contributed by atoms with Gasteiger partial charge in [-0.05, 0) is 19.9 Å². The smallest absolute Gasteiger partial charge is 0.420 e. The molecule has 3 aromatic rings. The van der Waals surface area contributed by atoms with E-state index in [0.29, 0.717) is 0 Å². The molecule has 0 aliphatic carbocycles. The average molecular weight is 460 g/mol. The topological polar surface area (TPSA) is 101 Å². The van der Waals surface area contributed by atoms with Crippen molar-refractivity contribution in [3.05, 3.63) is 35.4 Å². The first kappa shape index (κ1) is 22.7. The number of hydrogen-bond acceptors (Lipinski definition) is 8. The fourth-order valence-electron chi connectivity index (χ4n) is 2.58. The van der Waals surface area contributed by atoms with Crippen LogP contribution in [0.25, 0.3) is 16.9 Å². The number of hydrogen-bond donors (Lipinski definition) is 0. The van der Waals surface area contributed by atoms with Gasteiger partial charge in [0.25, 0.3) is 0 Å². The lowest BCUT2D eigenvalue weighted by molar-refractivity contribution is -0.152. The summed E-state index contributed by atoms with van der Waals surface area (Å²) in [6, 6.07) is 0.743. The first-order chi connectivity index (χ1) is 14.6. The molecule has 0 saturated carbocycles. The Morgan fingerprint density at radius 2 is 1.97 bits per heavy atom. The largest absolute Gasteiger partial charge is 0.466 e. The van der Waals surface area contributed by atoms with Crippen LogP contribution in [0.4, 0.5) is 13.2 Å². The van der Waals surface area contributed by atoms with Crippen LogP contribution in [-0.4, -0.2) is 56.6 Å². The van der Waals surface area contributed by atoms with Crippen LogP contribution in [0.2, 0.25) is 5.02 Å². The first-order valence-electron chi connectivity index (χ1n) is 8.89. The maximum Gasteiger partial charge on any atom is 0.420 e. The molecule has 9 nitrogen and oxygen atoms in total. The van der Waals surface area contributed by atoms with Crippen LogP contribution >= 0.6 is 11.6 Å². The molecule has 0 amide bonds. The van der Waals surface area contributed by atoms with Crippen LogP contribution in [-0.2, 0) is 20.4 Å². The van der Waals surface area contributed by atoms with E-state index in [1.54, 1.807) is 13.8 Å². The number of halogens is 4. The highest BCUT2D eigenvalue weighted by molar-refractivity contribution is 6.30. The Labute approximate surface area is 179 Å². The minimum atomic E-state index is -4.73. The normalized spacial score (nSPS) is 12.9. The zero-order chi connectivity index (χ0) is 22.8. The molecule has 0 saturated heterocycles. The number of esters is 1. The number of carbonyl (C=O) groups excluding carboxylic acids is 1. The molecule has 0 aliphatic heterocycles. The van der Waals surface area contributed by atoms with Crippen LogP contribution in [0, 0.1) is 0 Å². The highest BCUT2D eigenvalue weighted by Crippen LogP contribution is 2.35. The van der Waals surface area contributed by atoms with Crippen LogP contribution < -0.4 is 4.74 Å². The third kappa shape index (κ3) is 5.02. The van der Waals surface area contributed by atoms with E-state index in [4.69, 9.17) is 25.8 Å². The van der Waals surface area contributed by atoms with Crippen molar-refractivity contribution < 1.29 is 32.2 Å². The summed E-state index contributed by atoms with van der Waals surface area (Å²) in [6.45, 7) is 3.43. The van der Waals surface area contributed by atoms with Crippen molar-refractivity contribution in [2.75, 3.05) is 13.7 Å².